The molecule has 0 aromatic heterocycles. The van der Waals surface area contributed by atoms with Crippen LogP contribution in [0.1, 0.15) is 5.56 Å². The van der Waals surface area contributed by atoms with Crippen molar-refractivity contribution in [1.29, 1.82) is 0 Å². The second kappa shape index (κ2) is 4.38. The number of hydrogen-bond donors (Lipinski definition) is 2. The molecule has 0 saturated heterocycles. The molecule has 0 spiro atoms. The average Bonchev–Trinajstić information content (AvgIpc) is 2.14. The summed E-state index contributed by atoms with van der Waals surface area (Å²) in [7, 11) is 0. The summed E-state index contributed by atoms with van der Waals surface area (Å²) in [6.45, 7) is 0.387. The van der Waals surface area contributed by atoms with E-state index in [1.54, 1.807) is 18.2 Å². The molecule has 1 rings (SSSR count). The molecule has 0 fully saturated rings. The van der Waals surface area contributed by atoms with Gasteiger partial charge in [-0.1, -0.05) is 12.2 Å². The topological polar surface area (TPSA) is 89.4 Å². The Hall–Kier alpha value is -1.88. The summed E-state index contributed by atoms with van der Waals surface area (Å²) in [5.41, 5.74) is 5.62. The zero-order valence-corrected chi connectivity index (χ0v) is 7.38. The third-order valence-corrected chi connectivity index (χ3v) is 1.64. The van der Waals surface area contributed by atoms with Gasteiger partial charge in [0, 0.05) is 12.6 Å². The maximum absolute atomic E-state index is 10.4. The van der Waals surface area contributed by atoms with Gasteiger partial charge in [0.2, 0.25) is 0 Å². The van der Waals surface area contributed by atoms with E-state index in [0.717, 1.165) is 0 Å². The number of hydrogen-bond acceptors (Lipinski definition) is 4. The lowest BCUT2D eigenvalue weighted by Gasteiger charge is -1.97. The summed E-state index contributed by atoms with van der Waals surface area (Å²) in [4.78, 5) is 9.72. The van der Waals surface area contributed by atoms with Crippen LogP contribution in [0.2, 0.25) is 0 Å². The number of nitrogens with zero attached hydrogens (tertiary/aromatic N) is 1. The molecule has 74 valence electrons. The molecule has 1 aromatic rings. The van der Waals surface area contributed by atoms with Gasteiger partial charge in [-0.3, -0.25) is 10.1 Å². The normalized spacial score (nSPS) is 10.6. The molecule has 0 unspecified atom stereocenters. The smallest absolute Gasteiger partial charge is 0.310 e. The highest BCUT2D eigenvalue weighted by atomic mass is 16.6. The van der Waals surface area contributed by atoms with Gasteiger partial charge in [0.15, 0.2) is 5.75 Å². The van der Waals surface area contributed by atoms with Gasteiger partial charge in [-0.2, -0.15) is 0 Å². The molecule has 1 aromatic carbocycles. The van der Waals surface area contributed by atoms with E-state index in [0.29, 0.717) is 12.1 Å². The molecular weight excluding hydrogens is 184 g/mol. The summed E-state index contributed by atoms with van der Waals surface area (Å²) in [6, 6.07) is 4.12. The molecule has 0 atom stereocenters. The Bertz CT molecular complexity index is 374. The van der Waals surface area contributed by atoms with Crippen LogP contribution in [0, 0.1) is 10.1 Å². The third-order valence-electron chi connectivity index (χ3n) is 1.64. The van der Waals surface area contributed by atoms with E-state index in [-0.39, 0.29) is 11.4 Å². The number of phenols is 1. The Morgan fingerprint density at radius 2 is 2.29 bits per heavy atom. The number of aromatic hydroxyl groups is 1. The van der Waals surface area contributed by atoms with Crippen LogP contribution in [0.25, 0.3) is 6.08 Å². The maximum atomic E-state index is 10.4. The zero-order chi connectivity index (χ0) is 10.6. The second-order valence-electron chi connectivity index (χ2n) is 2.64. The number of rotatable bonds is 3. The van der Waals surface area contributed by atoms with Crippen molar-refractivity contribution in [3.8, 4) is 5.75 Å². The Morgan fingerprint density at radius 3 is 2.79 bits per heavy atom. The number of benzene rings is 1. The van der Waals surface area contributed by atoms with Gasteiger partial charge < -0.3 is 10.8 Å². The van der Waals surface area contributed by atoms with Crippen molar-refractivity contribution in [3.63, 3.8) is 0 Å². The van der Waals surface area contributed by atoms with Crippen LogP contribution < -0.4 is 5.73 Å². The second-order valence-corrected chi connectivity index (χ2v) is 2.64. The van der Waals surface area contributed by atoms with Crippen molar-refractivity contribution in [2.75, 3.05) is 6.54 Å². The van der Waals surface area contributed by atoms with Gasteiger partial charge >= 0.3 is 5.69 Å². The highest BCUT2D eigenvalue weighted by Crippen LogP contribution is 2.26. The molecular formula is C9H10N2O3. The summed E-state index contributed by atoms with van der Waals surface area (Å²) < 4.78 is 0. The summed E-state index contributed by atoms with van der Waals surface area (Å²) in [5.74, 6) is -0.339. The summed E-state index contributed by atoms with van der Waals surface area (Å²) in [5, 5.41) is 19.6. The first kappa shape index (κ1) is 10.2. The molecule has 0 saturated carbocycles. The molecule has 0 radical (unpaired) electrons. The number of nitro groups is 1. The molecule has 0 amide bonds. The molecule has 14 heavy (non-hydrogen) atoms. The van der Waals surface area contributed by atoms with Crippen LogP contribution in [0.15, 0.2) is 24.3 Å². The van der Waals surface area contributed by atoms with Crippen molar-refractivity contribution in [2.45, 2.75) is 0 Å². The molecule has 0 aliphatic rings. The van der Waals surface area contributed by atoms with E-state index in [1.807, 2.05) is 0 Å². The maximum Gasteiger partial charge on any atom is 0.310 e. The van der Waals surface area contributed by atoms with Crippen LogP contribution in [-0.2, 0) is 0 Å². The van der Waals surface area contributed by atoms with Crippen LogP contribution in [0.5, 0.6) is 5.75 Å². The molecule has 5 nitrogen and oxygen atoms in total. The number of nitrogens with two attached hydrogens (primary N) is 1. The van der Waals surface area contributed by atoms with Crippen molar-refractivity contribution in [3.05, 3.63) is 40.0 Å². The lowest BCUT2D eigenvalue weighted by Crippen LogP contribution is -1.92. The molecule has 0 heterocycles. The van der Waals surface area contributed by atoms with Crippen LogP contribution in [0.4, 0.5) is 5.69 Å². The van der Waals surface area contributed by atoms with Gasteiger partial charge in [0.05, 0.1) is 4.92 Å². The minimum atomic E-state index is -0.633. The molecule has 5 heteroatoms. The lowest BCUT2D eigenvalue weighted by molar-refractivity contribution is -0.385. The summed E-state index contributed by atoms with van der Waals surface area (Å²) in [6.07, 6.45) is 3.38. The van der Waals surface area contributed by atoms with Crippen molar-refractivity contribution < 1.29 is 10.0 Å². The Labute approximate surface area is 80.6 Å². The van der Waals surface area contributed by atoms with Gasteiger partial charge in [-0.15, -0.1) is 0 Å². The number of phenolic OH excluding ortho intramolecular Hbond substituents is 1. The first-order chi connectivity index (χ1) is 6.65. The van der Waals surface area contributed by atoms with Crippen molar-refractivity contribution in [1.82, 2.24) is 0 Å². The van der Waals surface area contributed by atoms with E-state index in [4.69, 9.17) is 5.73 Å². The highest BCUT2D eigenvalue weighted by Gasteiger charge is 2.11. The van der Waals surface area contributed by atoms with Crippen LogP contribution in [0.3, 0.4) is 0 Å². The number of nitro benzene ring substituents is 1. The quantitative estimate of drug-likeness (QED) is 0.560. The first-order valence-electron chi connectivity index (χ1n) is 3.99. The molecule has 3 N–H and O–H groups in total. The van der Waals surface area contributed by atoms with E-state index >= 15 is 0 Å². The van der Waals surface area contributed by atoms with Crippen LogP contribution in [-0.4, -0.2) is 16.6 Å². The van der Waals surface area contributed by atoms with Gasteiger partial charge in [-0.25, -0.2) is 0 Å². The van der Waals surface area contributed by atoms with Gasteiger partial charge in [0.25, 0.3) is 0 Å². The van der Waals surface area contributed by atoms with Gasteiger partial charge in [-0.05, 0) is 17.7 Å². The molecule has 0 aliphatic heterocycles. The average molecular weight is 194 g/mol. The molecule has 0 aliphatic carbocycles. The highest BCUT2D eigenvalue weighted by molar-refractivity contribution is 5.57. The fraction of sp³-hybridized carbons (Fsp3) is 0.111. The first-order valence-corrected chi connectivity index (χ1v) is 3.99. The zero-order valence-electron chi connectivity index (χ0n) is 7.38. The predicted octanol–water partition coefficient (Wildman–Crippen LogP) is 1.27. The SMILES string of the molecule is NC/C=C/c1ccc([N+](=O)[O-])c(O)c1. The van der Waals surface area contributed by atoms with E-state index in [9.17, 15) is 15.2 Å². The fourth-order valence-corrected chi connectivity index (χ4v) is 1.00. The predicted molar refractivity (Wildman–Crippen MR) is 52.8 cm³/mol. The Kier molecular flexibility index (Phi) is 3.19. The fourth-order valence-electron chi connectivity index (χ4n) is 1.00. The van der Waals surface area contributed by atoms with Gasteiger partial charge in [0.1, 0.15) is 0 Å². The monoisotopic (exact) mass is 194 g/mol. The largest absolute Gasteiger partial charge is 0.502 e. The standard InChI is InChI=1S/C9H10N2O3/c10-5-1-2-7-3-4-8(11(13)14)9(12)6-7/h1-4,6,12H,5,10H2/b2-1+. The minimum absolute atomic E-state index is 0.296. The lowest BCUT2D eigenvalue weighted by atomic mass is 10.2. The van der Waals surface area contributed by atoms with E-state index in [1.165, 1.54) is 12.1 Å². The summed E-state index contributed by atoms with van der Waals surface area (Å²) >= 11 is 0. The van der Waals surface area contributed by atoms with Crippen molar-refractivity contribution in [2.24, 2.45) is 5.73 Å². The third kappa shape index (κ3) is 2.30. The van der Waals surface area contributed by atoms with Crippen molar-refractivity contribution >= 4 is 11.8 Å². The minimum Gasteiger partial charge on any atom is -0.502 e. The van der Waals surface area contributed by atoms with E-state index in [2.05, 4.69) is 0 Å². The van der Waals surface area contributed by atoms with E-state index < -0.39 is 4.92 Å². The molecule has 0 bridgehead atoms. The van der Waals surface area contributed by atoms with Crippen LogP contribution >= 0.6 is 0 Å². The Morgan fingerprint density at radius 1 is 1.57 bits per heavy atom. The Balaban J connectivity index is 3.00.